The number of phenols is 1. The number of non-ortho nitro benzene ring substituents is 1. The van der Waals surface area contributed by atoms with Crippen LogP contribution in [0.15, 0.2) is 28.0 Å². The number of nitrogens with one attached hydrogen (secondary N) is 1. The summed E-state index contributed by atoms with van der Waals surface area (Å²) in [5.41, 5.74) is -0.274. The van der Waals surface area contributed by atoms with Gasteiger partial charge in [0, 0.05) is 28.5 Å². The molecule has 0 unspecified atom stereocenters. The largest absolute Gasteiger partial charge is 0.508 e. The number of ether oxygens (including phenoxy) is 2. The number of benzene rings is 1. The number of nitrogens with zero attached hydrogens (tertiary/aromatic N) is 1. The Balaban J connectivity index is 2.29. The van der Waals surface area contributed by atoms with Gasteiger partial charge in [0.1, 0.15) is 11.0 Å². The number of thiazole rings is 1. The fourth-order valence-electron chi connectivity index (χ4n) is 3.10. The van der Waals surface area contributed by atoms with Crippen molar-refractivity contribution in [2.75, 3.05) is 14.2 Å². The Labute approximate surface area is 165 Å². The van der Waals surface area contributed by atoms with Crippen LogP contribution >= 0.6 is 23.1 Å². The number of nitro groups is 1. The second-order valence-corrected chi connectivity index (χ2v) is 7.96. The van der Waals surface area contributed by atoms with Crippen LogP contribution in [-0.2, 0) is 19.1 Å². The van der Waals surface area contributed by atoms with Crippen LogP contribution in [0.5, 0.6) is 5.75 Å². The number of rotatable bonds is 4. The molecule has 1 aromatic carbocycles. The maximum absolute atomic E-state index is 12.6. The standard InChI is InChI=1S/C16H14N2O8S2/c1-25-14(20)10-9(7-5-6(18(23)24)3-4-8(7)19)11-13(17-16(22)28-11)27-12(10)15(21)26-2/h3-5,9-10,12,19H,1-2H3,(H,17,22)/t9-,10+,12-/m0/s1. The third kappa shape index (κ3) is 3.36. The number of phenolic OH excluding ortho intramolecular Hbond substituents is 1. The lowest BCUT2D eigenvalue weighted by atomic mass is 9.81. The second-order valence-electron chi connectivity index (χ2n) is 5.80. The van der Waals surface area contributed by atoms with Crippen molar-refractivity contribution in [2.45, 2.75) is 16.2 Å². The van der Waals surface area contributed by atoms with Crippen molar-refractivity contribution < 1.29 is 29.1 Å². The number of nitro benzene ring substituents is 1. The fourth-order valence-corrected chi connectivity index (χ4v) is 5.59. The number of hydrogen-bond donors (Lipinski definition) is 2. The van der Waals surface area contributed by atoms with Crippen LogP contribution < -0.4 is 4.87 Å². The predicted octanol–water partition coefficient (Wildman–Crippen LogP) is 1.62. The van der Waals surface area contributed by atoms with Crippen LogP contribution in [0.1, 0.15) is 16.4 Å². The van der Waals surface area contributed by atoms with Gasteiger partial charge in [-0.1, -0.05) is 23.1 Å². The Morgan fingerprint density at radius 2 is 1.93 bits per heavy atom. The molecule has 1 aliphatic rings. The van der Waals surface area contributed by atoms with Crippen molar-refractivity contribution in [1.29, 1.82) is 0 Å². The van der Waals surface area contributed by atoms with Gasteiger partial charge >= 0.3 is 16.8 Å². The van der Waals surface area contributed by atoms with E-state index in [1.807, 2.05) is 0 Å². The van der Waals surface area contributed by atoms with Crippen LogP contribution in [0.3, 0.4) is 0 Å². The zero-order valence-electron chi connectivity index (χ0n) is 14.5. The molecule has 28 heavy (non-hydrogen) atoms. The Kier molecular flexibility index (Phi) is 5.42. The van der Waals surface area contributed by atoms with Gasteiger partial charge in [-0.2, -0.15) is 0 Å². The molecule has 0 fully saturated rings. The van der Waals surface area contributed by atoms with E-state index < -0.39 is 38.8 Å². The second kappa shape index (κ2) is 7.64. The molecule has 0 aliphatic carbocycles. The van der Waals surface area contributed by atoms with Gasteiger partial charge in [0.2, 0.25) is 0 Å². The third-order valence-corrected chi connectivity index (χ3v) is 6.71. The highest BCUT2D eigenvalue weighted by Gasteiger charge is 2.49. The van der Waals surface area contributed by atoms with Gasteiger partial charge in [0.15, 0.2) is 0 Å². The minimum absolute atomic E-state index is 0.0373. The molecule has 10 nitrogen and oxygen atoms in total. The summed E-state index contributed by atoms with van der Waals surface area (Å²) in [6, 6.07) is 3.36. The molecule has 3 atom stereocenters. The van der Waals surface area contributed by atoms with E-state index >= 15 is 0 Å². The number of aromatic nitrogens is 1. The lowest BCUT2D eigenvalue weighted by Crippen LogP contribution is -2.41. The number of aromatic hydroxyl groups is 1. The molecule has 2 N–H and O–H groups in total. The molecule has 2 heterocycles. The number of carbonyl (C=O) groups excluding carboxylic acids is 2. The van der Waals surface area contributed by atoms with Crippen LogP contribution in [0, 0.1) is 16.0 Å². The zero-order chi connectivity index (χ0) is 20.6. The molecular weight excluding hydrogens is 412 g/mol. The predicted molar refractivity (Wildman–Crippen MR) is 98.7 cm³/mol. The summed E-state index contributed by atoms with van der Waals surface area (Å²) < 4.78 is 9.63. The number of H-pyrrole nitrogens is 1. The molecule has 3 rings (SSSR count). The molecule has 0 saturated heterocycles. The summed E-state index contributed by atoms with van der Waals surface area (Å²) in [4.78, 5) is 49.9. The lowest BCUT2D eigenvalue weighted by Gasteiger charge is -2.34. The highest BCUT2D eigenvalue weighted by molar-refractivity contribution is 8.00. The van der Waals surface area contributed by atoms with Gasteiger partial charge in [-0.25, -0.2) is 0 Å². The number of methoxy groups -OCH3 is 2. The average Bonchev–Trinajstić information content (AvgIpc) is 3.05. The summed E-state index contributed by atoms with van der Waals surface area (Å²) in [5.74, 6) is -4.00. The van der Waals surface area contributed by atoms with Gasteiger partial charge in [0.05, 0.1) is 30.1 Å². The summed E-state index contributed by atoms with van der Waals surface area (Å²) in [6.45, 7) is 0. The summed E-state index contributed by atoms with van der Waals surface area (Å²) >= 11 is 1.74. The first-order valence-electron chi connectivity index (χ1n) is 7.81. The first-order valence-corrected chi connectivity index (χ1v) is 9.50. The van der Waals surface area contributed by atoms with Crippen LogP contribution in [0.2, 0.25) is 0 Å². The molecule has 12 heteroatoms. The number of hydrogen-bond acceptors (Lipinski definition) is 10. The smallest absolute Gasteiger partial charge is 0.320 e. The van der Waals surface area contributed by atoms with E-state index in [1.54, 1.807) is 0 Å². The Hall–Kier alpha value is -2.86. The number of esters is 2. The van der Waals surface area contributed by atoms with Crippen LogP contribution in [0.25, 0.3) is 0 Å². The molecule has 1 aromatic heterocycles. The molecule has 0 bridgehead atoms. The summed E-state index contributed by atoms with van der Waals surface area (Å²) in [5, 5.41) is 20.8. The molecule has 0 amide bonds. The zero-order valence-corrected chi connectivity index (χ0v) is 16.2. The van der Waals surface area contributed by atoms with E-state index in [2.05, 4.69) is 4.98 Å². The fraction of sp³-hybridized carbons (Fsp3) is 0.312. The molecule has 2 aromatic rings. The van der Waals surface area contributed by atoms with Gasteiger partial charge in [-0.05, 0) is 6.07 Å². The lowest BCUT2D eigenvalue weighted by molar-refractivity contribution is -0.385. The van der Waals surface area contributed by atoms with Crippen LogP contribution in [0.4, 0.5) is 5.69 Å². The molecule has 0 saturated carbocycles. The van der Waals surface area contributed by atoms with Gasteiger partial charge < -0.3 is 19.6 Å². The maximum atomic E-state index is 12.6. The van der Waals surface area contributed by atoms with Crippen molar-refractivity contribution in [2.24, 2.45) is 5.92 Å². The molecular formula is C16H14N2O8S2. The van der Waals surface area contributed by atoms with Gasteiger partial charge in [-0.3, -0.25) is 24.5 Å². The number of thioether (sulfide) groups is 1. The molecule has 0 spiro atoms. The maximum Gasteiger partial charge on any atom is 0.320 e. The SMILES string of the molecule is COC(=O)[C@@H]1[C@H](c2cc([N+](=O)[O-])ccc2O)c2sc(=O)[nH]c2S[C@@H]1C(=O)OC. The topological polar surface area (TPSA) is 149 Å². The van der Waals surface area contributed by atoms with Gasteiger partial charge in [0.25, 0.3) is 5.69 Å². The molecule has 1 aliphatic heterocycles. The van der Waals surface area contributed by atoms with Crippen molar-refractivity contribution >= 4 is 40.7 Å². The van der Waals surface area contributed by atoms with E-state index in [4.69, 9.17) is 9.47 Å². The van der Waals surface area contributed by atoms with Crippen molar-refractivity contribution in [1.82, 2.24) is 4.98 Å². The van der Waals surface area contributed by atoms with E-state index in [0.717, 1.165) is 55.5 Å². The first kappa shape index (κ1) is 19.9. The highest BCUT2D eigenvalue weighted by atomic mass is 32.2. The average molecular weight is 426 g/mol. The van der Waals surface area contributed by atoms with Crippen LogP contribution in [-0.4, -0.2) is 46.4 Å². The van der Waals surface area contributed by atoms with Crippen molar-refractivity contribution in [3.05, 3.63) is 48.4 Å². The third-order valence-electron chi connectivity index (χ3n) is 4.32. The van der Waals surface area contributed by atoms with E-state index in [1.165, 1.54) is 0 Å². The van der Waals surface area contributed by atoms with E-state index in [0.29, 0.717) is 9.90 Å². The Morgan fingerprint density at radius 1 is 1.25 bits per heavy atom. The molecule has 148 valence electrons. The number of aromatic amines is 1. The van der Waals surface area contributed by atoms with E-state index in [9.17, 15) is 29.6 Å². The van der Waals surface area contributed by atoms with Crippen molar-refractivity contribution in [3.8, 4) is 5.75 Å². The monoisotopic (exact) mass is 426 g/mol. The number of carbonyl (C=O) groups is 2. The highest BCUT2D eigenvalue weighted by Crippen LogP contribution is 2.51. The number of fused-ring (bicyclic) bond motifs is 1. The minimum atomic E-state index is -1.17. The Bertz CT molecular complexity index is 1010. The minimum Gasteiger partial charge on any atom is -0.508 e. The molecule has 0 radical (unpaired) electrons. The van der Waals surface area contributed by atoms with E-state index in [-0.39, 0.29) is 17.0 Å². The first-order chi connectivity index (χ1) is 13.3. The van der Waals surface area contributed by atoms with Crippen molar-refractivity contribution in [3.63, 3.8) is 0 Å². The quantitative estimate of drug-likeness (QED) is 0.422. The summed E-state index contributed by atoms with van der Waals surface area (Å²) in [6.07, 6.45) is 0. The van der Waals surface area contributed by atoms with Gasteiger partial charge in [-0.15, -0.1) is 0 Å². The summed E-state index contributed by atoms with van der Waals surface area (Å²) in [7, 11) is 2.30. The Morgan fingerprint density at radius 3 is 2.54 bits per heavy atom. The normalized spacial score (nSPS) is 20.9.